The molecule has 2 aliphatic rings. The topological polar surface area (TPSA) is 117 Å². The Morgan fingerprint density at radius 3 is 3.00 bits per heavy atom. The molecule has 2 aliphatic heterocycles. The van der Waals surface area contributed by atoms with Crippen molar-refractivity contribution in [3.63, 3.8) is 0 Å². The highest BCUT2D eigenvalue weighted by molar-refractivity contribution is 5.94. The van der Waals surface area contributed by atoms with Crippen LogP contribution in [-0.2, 0) is 24.3 Å². The largest absolute Gasteiger partial charge is 0.457 e. The Kier molecular flexibility index (Phi) is 5.06. The number of carbonyl (C=O) groups excluding carboxylic acids is 1. The molecule has 0 bridgehead atoms. The summed E-state index contributed by atoms with van der Waals surface area (Å²) in [6.07, 6.45) is 3.54. The number of hydrogen-bond donors (Lipinski definition) is 1. The van der Waals surface area contributed by atoms with E-state index in [9.17, 15) is 15.2 Å². The fraction of sp³-hybridized carbons (Fsp3) is 0.269. The second kappa shape index (κ2) is 8.27. The van der Waals surface area contributed by atoms with Crippen LogP contribution in [0.15, 0.2) is 42.7 Å². The minimum absolute atomic E-state index is 0.265. The Hall–Kier alpha value is -4.13. The molecular formula is C26H22N6O3. The second-order valence-corrected chi connectivity index (χ2v) is 8.93. The van der Waals surface area contributed by atoms with Gasteiger partial charge in [-0.05, 0) is 36.2 Å². The number of β-amino-alcohol motifs (C(OH)–C–C–N with tert-alkyl or cyclic N) is 1. The molecule has 0 saturated carbocycles. The number of aromatic nitrogens is 4. The van der Waals surface area contributed by atoms with E-state index in [1.807, 2.05) is 31.3 Å². The van der Waals surface area contributed by atoms with Crippen molar-refractivity contribution in [2.45, 2.75) is 32.6 Å². The Labute approximate surface area is 201 Å². The molecule has 4 heterocycles. The fourth-order valence-corrected chi connectivity index (χ4v) is 5.00. The molecule has 174 valence electrons. The molecule has 0 spiro atoms. The molecule has 0 aliphatic carbocycles. The van der Waals surface area contributed by atoms with Gasteiger partial charge in [-0.25, -0.2) is 14.8 Å². The van der Waals surface area contributed by atoms with Gasteiger partial charge in [0.25, 0.3) is 5.95 Å². The van der Waals surface area contributed by atoms with E-state index in [1.54, 1.807) is 23.0 Å². The number of benzene rings is 2. The number of esters is 1. The lowest BCUT2D eigenvalue weighted by atomic mass is 9.95. The molecule has 35 heavy (non-hydrogen) atoms. The third-order valence-electron chi connectivity index (χ3n) is 6.92. The lowest BCUT2D eigenvalue weighted by molar-refractivity contribution is 0.0535. The summed E-state index contributed by atoms with van der Waals surface area (Å²) in [5, 5.41) is 25.5. The first-order valence-electron chi connectivity index (χ1n) is 11.5. The Bertz CT molecular complexity index is 1540. The van der Waals surface area contributed by atoms with Crippen LogP contribution in [0.25, 0.3) is 16.9 Å². The highest BCUT2D eigenvalue weighted by Crippen LogP contribution is 2.30. The zero-order valence-electron chi connectivity index (χ0n) is 19.1. The number of ether oxygens (including phenoxy) is 1. The summed E-state index contributed by atoms with van der Waals surface area (Å²) < 4.78 is 6.80. The van der Waals surface area contributed by atoms with E-state index in [2.05, 4.69) is 21.1 Å². The molecule has 0 amide bonds. The molecule has 9 nitrogen and oxygen atoms in total. The maximum Gasteiger partial charge on any atom is 0.338 e. The van der Waals surface area contributed by atoms with Crippen LogP contribution in [0.4, 0.5) is 0 Å². The minimum Gasteiger partial charge on any atom is -0.457 e. The van der Waals surface area contributed by atoms with Crippen molar-refractivity contribution >= 4 is 16.9 Å². The number of aliphatic hydroxyl groups is 1. The first-order chi connectivity index (χ1) is 17.0. The molecule has 0 radical (unpaired) electrons. The van der Waals surface area contributed by atoms with Crippen molar-refractivity contribution in [1.29, 1.82) is 5.26 Å². The van der Waals surface area contributed by atoms with Crippen LogP contribution in [0.2, 0.25) is 0 Å². The number of hydrogen-bond acceptors (Lipinski definition) is 8. The van der Waals surface area contributed by atoms with E-state index in [-0.39, 0.29) is 12.6 Å². The van der Waals surface area contributed by atoms with Gasteiger partial charge in [0.2, 0.25) is 0 Å². The van der Waals surface area contributed by atoms with Gasteiger partial charge in [-0.1, -0.05) is 12.1 Å². The smallest absolute Gasteiger partial charge is 0.338 e. The van der Waals surface area contributed by atoms with Gasteiger partial charge >= 0.3 is 5.97 Å². The summed E-state index contributed by atoms with van der Waals surface area (Å²) in [6, 6.07) is 11.3. The first-order valence-corrected chi connectivity index (χ1v) is 11.5. The van der Waals surface area contributed by atoms with Gasteiger partial charge in [0.15, 0.2) is 0 Å². The average molecular weight is 467 g/mol. The van der Waals surface area contributed by atoms with Crippen molar-refractivity contribution in [1.82, 2.24) is 24.6 Å². The normalized spacial score (nSPS) is 16.0. The predicted molar refractivity (Wildman–Crippen MR) is 126 cm³/mol. The molecule has 0 saturated heterocycles. The van der Waals surface area contributed by atoms with E-state index >= 15 is 0 Å². The van der Waals surface area contributed by atoms with E-state index in [0.717, 1.165) is 51.8 Å². The second-order valence-electron chi connectivity index (χ2n) is 8.93. The monoisotopic (exact) mass is 466 g/mol. The predicted octanol–water partition coefficient (Wildman–Crippen LogP) is 2.76. The number of rotatable bonds is 4. The van der Waals surface area contributed by atoms with Crippen LogP contribution < -0.4 is 0 Å². The van der Waals surface area contributed by atoms with Gasteiger partial charge in [-0.2, -0.15) is 15.0 Å². The van der Waals surface area contributed by atoms with Gasteiger partial charge < -0.3 is 9.84 Å². The number of carbonyl (C=O) groups is 1. The van der Waals surface area contributed by atoms with E-state index in [0.29, 0.717) is 30.2 Å². The number of aliphatic hydroxyl groups excluding tert-OH is 1. The number of fused-ring (bicyclic) bond motifs is 3. The van der Waals surface area contributed by atoms with E-state index in [1.165, 1.54) is 0 Å². The number of nitrogens with zero attached hydrogens (tertiary/aromatic N) is 6. The van der Waals surface area contributed by atoms with Gasteiger partial charge in [0.1, 0.15) is 6.61 Å². The summed E-state index contributed by atoms with van der Waals surface area (Å²) in [5.74, 6) is 0.178. The quantitative estimate of drug-likeness (QED) is 0.456. The van der Waals surface area contributed by atoms with Crippen molar-refractivity contribution in [2.24, 2.45) is 0 Å². The third-order valence-corrected chi connectivity index (χ3v) is 6.92. The van der Waals surface area contributed by atoms with Crippen LogP contribution >= 0.6 is 0 Å². The summed E-state index contributed by atoms with van der Waals surface area (Å²) in [5.41, 5.74) is 6.53. The Balaban J connectivity index is 1.21. The van der Waals surface area contributed by atoms with Crippen LogP contribution in [0.3, 0.4) is 0 Å². The zero-order valence-corrected chi connectivity index (χ0v) is 19.1. The molecule has 0 fully saturated rings. The minimum atomic E-state index is -0.678. The van der Waals surface area contributed by atoms with Crippen molar-refractivity contribution in [3.05, 3.63) is 81.8 Å². The average Bonchev–Trinajstić information content (AvgIpc) is 3.48. The molecule has 6 rings (SSSR count). The van der Waals surface area contributed by atoms with Gasteiger partial charge in [0.05, 0.1) is 40.7 Å². The molecule has 9 heteroatoms. The van der Waals surface area contributed by atoms with Crippen LogP contribution in [-0.4, -0.2) is 48.8 Å². The maximum absolute atomic E-state index is 11.8. The Morgan fingerprint density at radius 1 is 1.26 bits per heavy atom. The highest BCUT2D eigenvalue weighted by atomic mass is 16.5. The van der Waals surface area contributed by atoms with Gasteiger partial charge in [-0.3, -0.25) is 4.90 Å². The molecule has 1 N–H and O–H groups in total. The standard InChI is InChI=1S/C26H22N6O3/c1-15-18(5-6-19-21(15)14-35-25(19)34)24(33)13-31-8-7-22-17(12-31)10-28-26(30-22)32-23-4-2-3-16(9-27)20(23)11-29-32/h2-6,10-11,24,33H,7-8,12-14H2,1H3. The van der Waals surface area contributed by atoms with Crippen molar-refractivity contribution in [2.75, 3.05) is 13.1 Å². The number of nitriles is 1. The highest BCUT2D eigenvalue weighted by Gasteiger charge is 2.27. The van der Waals surface area contributed by atoms with Crippen LogP contribution in [0, 0.1) is 18.3 Å². The lowest BCUT2D eigenvalue weighted by Gasteiger charge is -2.30. The van der Waals surface area contributed by atoms with E-state index < -0.39 is 6.10 Å². The van der Waals surface area contributed by atoms with Gasteiger partial charge in [-0.15, -0.1) is 0 Å². The first kappa shape index (κ1) is 21.4. The van der Waals surface area contributed by atoms with Crippen LogP contribution in [0.1, 0.15) is 50.0 Å². The van der Waals surface area contributed by atoms with Crippen LogP contribution in [0.5, 0.6) is 0 Å². The van der Waals surface area contributed by atoms with Gasteiger partial charge in [0, 0.05) is 48.8 Å². The molecule has 2 aromatic carbocycles. The van der Waals surface area contributed by atoms with Crippen molar-refractivity contribution in [3.8, 4) is 12.0 Å². The summed E-state index contributed by atoms with van der Waals surface area (Å²) >= 11 is 0. The molecule has 4 aromatic rings. The molecule has 2 aromatic heterocycles. The van der Waals surface area contributed by atoms with Crippen molar-refractivity contribution < 1.29 is 14.6 Å². The third kappa shape index (κ3) is 3.55. The summed E-state index contributed by atoms with van der Waals surface area (Å²) in [7, 11) is 0. The fourth-order valence-electron chi connectivity index (χ4n) is 5.00. The zero-order chi connectivity index (χ0) is 24.1. The summed E-state index contributed by atoms with van der Waals surface area (Å²) in [4.78, 5) is 23.3. The lowest BCUT2D eigenvalue weighted by Crippen LogP contribution is -2.35. The maximum atomic E-state index is 11.8. The molecule has 1 atom stereocenters. The number of cyclic esters (lactones) is 1. The Morgan fingerprint density at radius 2 is 2.14 bits per heavy atom. The summed E-state index contributed by atoms with van der Waals surface area (Å²) in [6.45, 7) is 4.05. The molecule has 1 unspecified atom stereocenters. The SMILES string of the molecule is Cc1c(C(O)CN2CCc3nc(-n4ncc5c(C#N)cccc54)ncc3C2)ccc2c1COC2=O. The van der Waals surface area contributed by atoms with E-state index in [4.69, 9.17) is 9.72 Å². The molecular weight excluding hydrogens is 444 g/mol.